The van der Waals surface area contributed by atoms with Crippen LogP contribution in [0.15, 0.2) is 47.6 Å². The van der Waals surface area contributed by atoms with Crippen LogP contribution in [-0.2, 0) is 15.8 Å². The van der Waals surface area contributed by atoms with Crippen molar-refractivity contribution in [3.63, 3.8) is 0 Å². The van der Waals surface area contributed by atoms with Crippen LogP contribution in [0.3, 0.4) is 0 Å². The third-order valence-corrected chi connectivity index (χ3v) is 8.15. The van der Waals surface area contributed by atoms with Crippen LogP contribution in [0.2, 0.25) is 0 Å². The largest absolute Gasteiger partial charge is 0.481 e. The first-order valence-electron chi connectivity index (χ1n) is 13.7. The molecule has 0 radical (unpaired) electrons. The molecule has 2 aliphatic rings. The van der Waals surface area contributed by atoms with Crippen molar-refractivity contribution in [2.45, 2.75) is 77.7 Å². The van der Waals surface area contributed by atoms with E-state index in [4.69, 9.17) is 10.1 Å². The van der Waals surface area contributed by atoms with Gasteiger partial charge in [0.2, 0.25) is 0 Å². The lowest BCUT2D eigenvalue weighted by Gasteiger charge is -2.46. The fraction of sp³-hybridized carbons (Fsp3) is 0.500. The van der Waals surface area contributed by atoms with Gasteiger partial charge in [-0.3, -0.25) is 24.4 Å². The molecule has 0 unspecified atom stereocenters. The summed E-state index contributed by atoms with van der Waals surface area (Å²) in [6.07, 6.45) is -0.656. The average Bonchev–Trinajstić information content (AvgIpc) is 3.18. The third kappa shape index (κ3) is 6.44. The molecule has 1 aliphatic heterocycles. The molecule has 220 valence electrons. The normalized spacial score (nSPS) is 22.0. The Morgan fingerprint density at radius 1 is 1.15 bits per heavy atom. The van der Waals surface area contributed by atoms with E-state index < -0.39 is 41.2 Å². The standard InChI is InChI=1S/C30H35F3N4O4/c1-18(23-9-8-20(17-35-23)26(40)34-15-12-24(38)39)37-27(41)25(19-6-5-7-22(16-19)30(31,32)33)36-29(37)13-10-21(11-14-29)28(2,3)4/h5-9,16-18,21H,10-15H2,1-4H3,(H,34,40)(H,38,39)/t18-,21?,29?/m1/s1. The van der Waals surface area contributed by atoms with E-state index in [1.807, 2.05) is 0 Å². The topological polar surface area (TPSA) is 112 Å². The minimum absolute atomic E-state index is 0.00610. The lowest BCUT2D eigenvalue weighted by atomic mass is 9.69. The molecule has 11 heteroatoms. The molecular weight excluding hydrogens is 537 g/mol. The number of amides is 2. The van der Waals surface area contributed by atoms with Crippen molar-refractivity contribution >= 4 is 23.5 Å². The number of pyridine rings is 1. The van der Waals surface area contributed by atoms with Crippen molar-refractivity contribution in [2.24, 2.45) is 16.3 Å². The van der Waals surface area contributed by atoms with Gasteiger partial charge in [-0.15, -0.1) is 0 Å². The number of aliphatic imine (C=N–C) groups is 1. The summed E-state index contributed by atoms with van der Waals surface area (Å²) in [5.74, 6) is -1.55. The number of carboxylic acid groups (broad SMARTS) is 1. The molecule has 1 fully saturated rings. The predicted molar refractivity (Wildman–Crippen MR) is 146 cm³/mol. The van der Waals surface area contributed by atoms with Gasteiger partial charge in [-0.1, -0.05) is 32.9 Å². The highest BCUT2D eigenvalue weighted by Crippen LogP contribution is 2.49. The minimum atomic E-state index is -4.56. The zero-order valence-corrected chi connectivity index (χ0v) is 23.6. The lowest BCUT2D eigenvalue weighted by molar-refractivity contribution is -0.138. The first-order chi connectivity index (χ1) is 19.1. The summed E-state index contributed by atoms with van der Waals surface area (Å²) in [7, 11) is 0. The number of hydrogen-bond donors (Lipinski definition) is 2. The number of nitrogens with one attached hydrogen (secondary N) is 1. The highest BCUT2D eigenvalue weighted by molar-refractivity contribution is 6.46. The Bertz CT molecular complexity index is 1340. The predicted octanol–water partition coefficient (Wildman–Crippen LogP) is 5.63. The van der Waals surface area contributed by atoms with Crippen LogP contribution in [-0.4, -0.2) is 50.7 Å². The van der Waals surface area contributed by atoms with E-state index in [2.05, 4.69) is 31.1 Å². The number of nitrogens with zero attached hydrogens (tertiary/aromatic N) is 3. The van der Waals surface area contributed by atoms with E-state index >= 15 is 0 Å². The molecule has 2 N–H and O–H groups in total. The van der Waals surface area contributed by atoms with Crippen LogP contribution in [0.25, 0.3) is 0 Å². The van der Waals surface area contributed by atoms with Gasteiger partial charge in [0.1, 0.15) is 11.4 Å². The minimum Gasteiger partial charge on any atom is -0.481 e. The Morgan fingerprint density at radius 2 is 1.83 bits per heavy atom. The number of hydrogen-bond acceptors (Lipinski definition) is 5. The molecule has 41 heavy (non-hydrogen) atoms. The summed E-state index contributed by atoms with van der Waals surface area (Å²) < 4.78 is 40.4. The summed E-state index contributed by atoms with van der Waals surface area (Å²) in [5.41, 5.74) is -0.836. The molecule has 2 aromatic rings. The van der Waals surface area contributed by atoms with Gasteiger partial charge in [-0.05, 0) is 68.2 Å². The Morgan fingerprint density at radius 3 is 2.39 bits per heavy atom. The number of carbonyl (C=O) groups excluding carboxylic acids is 2. The molecule has 8 nitrogen and oxygen atoms in total. The molecule has 1 spiro atoms. The molecule has 4 rings (SSSR count). The quantitative estimate of drug-likeness (QED) is 0.447. The Hall–Kier alpha value is -3.76. The van der Waals surface area contributed by atoms with E-state index in [-0.39, 0.29) is 35.2 Å². The number of benzene rings is 1. The van der Waals surface area contributed by atoms with Gasteiger partial charge < -0.3 is 15.3 Å². The number of aliphatic carboxylic acids is 1. The fourth-order valence-corrected chi connectivity index (χ4v) is 5.78. The Labute approximate surface area is 237 Å². The van der Waals surface area contributed by atoms with Crippen molar-refractivity contribution < 1.29 is 32.7 Å². The number of carboxylic acids is 1. The first-order valence-corrected chi connectivity index (χ1v) is 13.7. The van der Waals surface area contributed by atoms with Crippen molar-refractivity contribution in [1.29, 1.82) is 0 Å². The highest BCUT2D eigenvalue weighted by atomic mass is 19.4. The van der Waals surface area contributed by atoms with Gasteiger partial charge in [0.15, 0.2) is 0 Å². The SMILES string of the molecule is C[C@H](c1ccc(C(=O)NCCC(=O)O)cn1)N1C(=O)C(c2cccc(C(F)(F)F)c2)=NC12CCC(C(C)(C)C)CC2. The first kappa shape index (κ1) is 30.2. The molecule has 2 heterocycles. The molecule has 1 atom stereocenters. The molecule has 1 aromatic carbocycles. The zero-order chi connectivity index (χ0) is 30.2. The van der Waals surface area contributed by atoms with Crippen molar-refractivity contribution in [3.8, 4) is 0 Å². The number of alkyl halides is 3. The van der Waals surface area contributed by atoms with Crippen LogP contribution >= 0.6 is 0 Å². The summed E-state index contributed by atoms with van der Waals surface area (Å²) >= 11 is 0. The van der Waals surface area contributed by atoms with Crippen LogP contribution in [0.4, 0.5) is 13.2 Å². The summed E-state index contributed by atoms with van der Waals surface area (Å²) in [6.45, 7) is 8.31. The highest BCUT2D eigenvalue weighted by Gasteiger charge is 2.52. The third-order valence-electron chi connectivity index (χ3n) is 8.15. The molecular formula is C30H35F3N4O4. The second-order valence-electron chi connectivity index (χ2n) is 11.9. The maximum absolute atomic E-state index is 14.0. The van der Waals surface area contributed by atoms with Crippen LogP contribution in [0, 0.1) is 11.3 Å². The number of aromatic nitrogens is 1. The molecule has 1 saturated carbocycles. The molecule has 2 amide bonds. The number of halogens is 3. The summed E-state index contributed by atoms with van der Waals surface area (Å²) in [4.78, 5) is 48.0. The Kier molecular flexibility index (Phi) is 8.29. The van der Waals surface area contributed by atoms with Gasteiger partial charge in [0, 0.05) is 18.3 Å². The van der Waals surface area contributed by atoms with Crippen LogP contribution in [0.1, 0.15) is 93.0 Å². The maximum Gasteiger partial charge on any atom is 0.416 e. The number of carbonyl (C=O) groups is 3. The van der Waals surface area contributed by atoms with E-state index in [1.165, 1.54) is 18.3 Å². The van der Waals surface area contributed by atoms with E-state index in [0.29, 0.717) is 24.5 Å². The van der Waals surface area contributed by atoms with Crippen LogP contribution in [0.5, 0.6) is 0 Å². The number of rotatable bonds is 7. The fourth-order valence-electron chi connectivity index (χ4n) is 5.78. The smallest absolute Gasteiger partial charge is 0.416 e. The summed E-state index contributed by atoms with van der Waals surface area (Å²) in [5, 5.41) is 11.3. The second-order valence-corrected chi connectivity index (χ2v) is 11.9. The Balaban J connectivity index is 1.65. The molecule has 1 aliphatic carbocycles. The van der Waals surface area contributed by atoms with Gasteiger partial charge in [-0.25, -0.2) is 0 Å². The van der Waals surface area contributed by atoms with Gasteiger partial charge in [0.05, 0.1) is 29.3 Å². The summed E-state index contributed by atoms with van der Waals surface area (Å²) in [6, 6.07) is 7.29. The molecule has 0 saturated heterocycles. The van der Waals surface area contributed by atoms with Crippen LogP contribution < -0.4 is 5.32 Å². The molecule has 1 aromatic heterocycles. The van der Waals surface area contributed by atoms with Crippen molar-refractivity contribution in [2.75, 3.05) is 6.54 Å². The van der Waals surface area contributed by atoms with Gasteiger partial charge in [0.25, 0.3) is 11.8 Å². The zero-order valence-electron chi connectivity index (χ0n) is 23.6. The van der Waals surface area contributed by atoms with E-state index in [1.54, 1.807) is 24.0 Å². The molecule has 0 bridgehead atoms. The van der Waals surface area contributed by atoms with Gasteiger partial charge in [-0.2, -0.15) is 13.2 Å². The van der Waals surface area contributed by atoms with E-state index in [0.717, 1.165) is 25.0 Å². The lowest BCUT2D eigenvalue weighted by Crippen LogP contribution is -2.51. The van der Waals surface area contributed by atoms with E-state index in [9.17, 15) is 27.6 Å². The monoisotopic (exact) mass is 572 g/mol. The maximum atomic E-state index is 14.0. The van der Waals surface area contributed by atoms with Crippen molar-refractivity contribution in [3.05, 3.63) is 65.0 Å². The average molecular weight is 573 g/mol. The van der Waals surface area contributed by atoms with Gasteiger partial charge >= 0.3 is 12.1 Å². The second kappa shape index (κ2) is 11.3. The van der Waals surface area contributed by atoms with Crippen molar-refractivity contribution in [1.82, 2.24) is 15.2 Å².